The van der Waals surface area contributed by atoms with Crippen LogP contribution in [0.1, 0.15) is 24.1 Å². The van der Waals surface area contributed by atoms with Crippen LogP contribution in [0.4, 0.5) is 5.82 Å². The minimum atomic E-state index is 0.338. The van der Waals surface area contributed by atoms with Crippen molar-refractivity contribution < 1.29 is 4.74 Å². The van der Waals surface area contributed by atoms with Gasteiger partial charge in [-0.05, 0) is 30.5 Å². The molecule has 1 aromatic heterocycles. The average Bonchev–Trinajstić information content (AvgIpc) is 3.01. The molecular formula is C18H23N3O. The van der Waals surface area contributed by atoms with E-state index >= 15 is 0 Å². The van der Waals surface area contributed by atoms with Crippen molar-refractivity contribution in [3.05, 3.63) is 59.8 Å². The Kier molecular flexibility index (Phi) is 5.03. The van der Waals surface area contributed by atoms with Crippen molar-refractivity contribution in [3.8, 4) is 0 Å². The van der Waals surface area contributed by atoms with Gasteiger partial charge in [-0.2, -0.15) is 0 Å². The monoisotopic (exact) mass is 297 g/mol. The summed E-state index contributed by atoms with van der Waals surface area (Å²) < 4.78 is 5.80. The molecular weight excluding hydrogens is 274 g/mol. The normalized spacial score (nSPS) is 18.0. The van der Waals surface area contributed by atoms with Gasteiger partial charge in [0.2, 0.25) is 0 Å². The minimum Gasteiger partial charge on any atom is -0.384 e. The maximum atomic E-state index is 5.80. The van der Waals surface area contributed by atoms with Crippen LogP contribution in [0.2, 0.25) is 0 Å². The van der Waals surface area contributed by atoms with Crippen LogP contribution in [0.25, 0.3) is 0 Å². The van der Waals surface area contributed by atoms with E-state index < -0.39 is 0 Å². The van der Waals surface area contributed by atoms with Gasteiger partial charge < -0.3 is 10.5 Å². The van der Waals surface area contributed by atoms with Crippen LogP contribution in [-0.4, -0.2) is 29.1 Å². The fourth-order valence-electron chi connectivity index (χ4n) is 2.92. The lowest BCUT2D eigenvalue weighted by Crippen LogP contribution is -2.31. The Labute approximate surface area is 131 Å². The van der Waals surface area contributed by atoms with Gasteiger partial charge in [-0.25, -0.2) is 4.98 Å². The lowest BCUT2D eigenvalue weighted by atomic mass is 10.1. The van der Waals surface area contributed by atoms with Crippen molar-refractivity contribution in [1.29, 1.82) is 0 Å². The molecule has 3 rings (SSSR count). The number of pyridine rings is 1. The van der Waals surface area contributed by atoms with Crippen molar-refractivity contribution in [3.63, 3.8) is 0 Å². The first-order valence-corrected chi connectivity index (χ1v) is 7.89. The molecule has 116 valence electrons. The molecule has 4 nitrogen and oxygen atoms in total. The van der Waals surface area contributed by atoms with Crippen LogP contribution in [0, 0.1) is 0 Å². The van der Waals surface area contributed by atoms with Crippen molar-refractivity contribution >= 4 is 5.82 Å². The SMILES string of the molecule is Nc1cccc(CN(Cc2ccccc2)C[C@@H]2CCCO2)n1. The Bertz CT molecular complexity index is 582. The summed E-state index contributed by atoms with van der Waals surface area (Å²) in [6.07, 6.45) is 2.65. The first-order valence-electron chi connectivity index (χ1n) is 7.89. The zero-order chi connectivity index (χ0) is 15.2. The molecule has 0 bridgehead atoms. The molecule has 0 unspecified atom stereocenters. The summed E-state index contributed by atoms with van der Waals surface area (Å²) in [4.78, 5) is 6.82. The maximum absolute atomic E-state index is 5.80. The Hall–Kier alpha value is -1.91. The number of nitrogens with zero attached hydrogens (tertiary/aromatic N) is 2. The quantitative estimate of drug-likeness (QED) is 0.891. The number of aromatic nitrogens is 1. The number of nitrogen functional groups attached to an aromatic ring is 1. The third-order valence-corrected chi connectivity index (χ3v) is 3.95. The number of anilines is 1. The van der Waals surface area contributed by atoms with E-state index in [2.05, 4.69) is 34.1 Å². The van der Waals surface area contributed by atoms with Crippen LogP contribution in [0.15, 0.2) is 48.5 Å². The predicted molar refractivity (Wildman–Crippen MR) is 88.2 cm³/mol. The summed E-state index contributed by atoms with van der Waals surface area (Å²) in [5.74, 6) is 0.578. The summed E-state index contributed by atoms with van der Waals surface area (Å²) in [5.41, 5.74) is 8.11. The maximum Gasteiger partial charge on any atom is 0.123 e. The first-order chi connectivity index (χ1) is 10.8. The number of hydrogen-bond acceptors (Lipinski definition) is 4. The molecule has 2 aromatic rings. The Balaban J connectivity index is 1.70. The highest BCUT2D eigenvalue weighted by Gasteiger charge is 2.19. The fourth-order valence-corrected chi connectivity index (χ4v) is 2.92. The fraction of sp³-hybridized carbons (Fsp3) is 0.389. The van der Waals surface area contributed by atoms with Gasteiger partial charge in [0.05, 0.1) is 11.8 Å². The Morgan fingerprint density at radius 1 is 1.09 bits per heavy atom. The summed E-state index contributed by atoms with van der Waals surface area (Å²) in [6.45, 7) is 3.52. The number of nitrogens with two attached hydrogens (primary N) is 1. The van der Waals surface area contributed by atoms with E-state index in [1.54, 1.807) is 0 Å². The van der Waals surface area contributed by atoms with Gasteiger partial charge in [0.15, 0.2) is 0 Å². The molecule has 2 N–H and O–H groups in total. The lowest BCUT2D eigenvalue weighted by molar-refractivity contribution is 0.0675. The molecule has 0 radical (unpaired) electrons. The largest absolute Gasteiger partial charge is 0.384 e. The average molecular weight is 297 g/mol. The molecule has 1 saturated heterocycles. The molecule has 0 saturated carbocycles. The van der Waals surface area contributed by atoms with Gasteiger partial charge in [-0.15, -0.1) is 0 Å². The van der Waals surface area contributed by atoms with E-state index in [0.717, 1.165) is 38.4 Å². The van der Waals surface area contributed by atoms with Crippen LogP contribution >= 0.6 is 0 Å². The number of ether oxygens (including phenoxy) is 1. The van der Waals surface area contributed by atoms with Gasteiger partial charge in [-0.1, -0.05) is 36.4 Å². The molecule has 4 heteroatoms. The molecule has 0 aliphatic carbocycles. The molecule has 22 heavy (non-hydrogen) atoms. The van der Waals surface area contributed by atoms with Gasteiger partial charge in [0, 0.05) is 26.2 Å². The number of benzene rings is 1. The van der Waals surface area contributed by atoms with Crippen molar-refractivity contribution in [1.82, 2.24) is 9.88 Å². The van der Waals surface area contributed by atoms with Crippen molar-refractivity contribution in [2.24, 2.45) is 0 Å². The third-order valence-electron chi connectivity index (χ3n) is 3.95. The summed E-state index contributed by atoms with van der Waals surface area (Å²) >= 11 is 0. The standard InChI is InChI=1S/C18H23N3O/c19-18-10-4-8-16(20-18)13-21(14-17-9-5-11-22-17)12-15-6-2-1-3-7-15/h1-4,6-8,10,17H,5,9,11-14H2,(H2,19,20)/t17-/m0/s1. The molecule has 2 heterocycles. The molecule has 0 spiro atoms. The molecule has 1 fully saturated rings. The van der Waals surface area contributed by atoms with Crippen LogP contribution in [0.3, 0.4) is 0 Å². The summed E-state index contributed by atoms with van der Waals surface area (Å²) in [5, 5.41) is 0. The Morgan fingerprint density at radius 2 is 1.95 bits per heavy atom. The molecule has 1 aromatic carbocycles. The van der Waals surface area contributed by atoms with E-state index in [4.69, 9.17) is 10.5 Å². The van der Waals surface area contributed by atoms with Crippen LogP contribution in [-0.2, 0) is 17.8 Å². The van der Waals surface area contributed by atoms with E-state index in [-0.39, 0.29) is 0 Å². The summed E-state index contributed by atoms with van der Waals surface area (Å²) in [6, 6.07) is 16.4. The third kappa shape index (κ3) is 4.29. The zero-order valence-electron chi connectivity index (χ0n) is 12.8. The van der Waals surface area contributed by atoms with Crippen molar-refractivity contribution in [2.75, 3.05) is 18.9 Å². The van der Waals surface area contributed by atoms with Crippen LogP contribution in [0.5, 0.6) is 0 Å². The molecule has 0 amide bonds. The van der Waals surface area contributed by atoms with E-state index in [1.165, 1.54) is 12.0 Å². The van der Waals surface area contributed by atoms with Gasteiger partial charge >= 0.3 is 0 Å². The number of rotatable bonds is 6. The first kappa shape index (κ1) is 15.0. The highest BCUT2D eigenvalue weighted by Crippen LogP contribution is 2.17. The van der Waals surface area contributed by atoms with Gasteiger partial charge in [0.1, 0.15) is 5.82 Å². The highest BCUT2D eigenvalue weighted by molar-refractivity contribution is 5.28. The second-order valence-corrected chi connectivity index (χ2v) is 5.84. The van der Waals surface area contributed by atoms with Crippen molar-refractivity contribution in [2.45, 2.75) is 32.0 Å². The van der Waals surface area contributed by atoms with E-state index in [1.807, 2.05) is 24.3 Å². The minimum absolute atomic E-state index is 0.338. The van der Waals surface area contributed by atoms with E-state index in [0.29, 0.717) is 11.9 Å². The van der Waals surface area contributed by atoms with E-state index in [9.17, 15) is 0 Å². The summed E-state index contributed by atoms with van der Waals surface area (Å²) in [7, 11) is 0. The second kappa shape index (κ2) is 7.38. The topological polar surface area (TPSA) is 51.4 Å². The highest BCUT2D eigenvalue weighted by atomic mass is 16.5. The molecule has 1 aliphatic rings. The predicted octanol–water partition coefficient (Wildman–Crippen LogP) is 2.85. The van der Waals surface area contributed by atoms with Gasteiger partial charge in [0.25, 0.3) is 0 Å². The van der Waals surface area contributed by atoms with Crippen LogP contribution < -0.4 is 5.73 Å². The number of hydrogen-bond donors (Lipinski definition) is 1. The molecule has 1 atom stereocenters. The molecule has 1 aliphatic heterocycles. The second-order valence-electron chi connectivity index (χ2n) is 5.84. The zero-order valence-corrected chi connectivity index (χ0v) is 12.8. The lowest BCUT2D eigenvalue weighted by Gasteiger charge is -2.25. The Morgan fingerprint density at radius 3 is 2.68 bits per heavy atom. The smallest absolute Gasteiger partial charge is 0.123 e. The van der Waals surface area contributed by atoms with Gasteiger partial charge in [-0.3, -0.25) is 4.90 Å².